The van der Waals surface area contributed by atoms with Crippen LogP contribution in [0.5, 0.6) is 11.5 Å². The minimum atomic E-state index is -0.362. The van der Waals surface area contributed by atoms with Crippen molar-refractivity contribution in [2.75, 3.05) is 9.80 Å². The minimum Gasteiger partial charge on any atom is -0.453 e. The van der Waals surface area contributed by atoms with E-state index in [4.69, 9.17) is 4.74 Å². The van der Waals surface area contributed by atoms with Gasteiger partial charge in [-0.15, -0.1) is 0 Å². The predicted octanol–water partition coefficient (Wildman–Crippen LogP) is 14.8. The summed E-state index contributed by atoms with van der Waals surface area (Å²) < 4.78 is 6.81. The number of fused-ring (bicyclic) bond motifs is 10. The van der Waals surface area contributed by atoms with Crippen molar-refractivity contribution < 1.29 is 4.74 Å². The number of anilines is 6. The lowest BCUT2D eigenvalue weighted by atomic mass is 9.72. The monoisotopic (exact) mass is 706 g/mol. The standard InChI is InChI=1S/C52H38N2O/c1-33-14-13-23-47-50(33)54-45-22-12-11-21-44(45)52(2,3)49-46(30-31-48(55-47)51(49)54)53(36-26-24-35(25-27-36)34-15-5-4-6-16-34)37-28-29-42-40-19-8-7-17-38(40)39-18-9-10-20-41(39)43(42)32-37/h4-32H,1-3H3. The molecular weight excluding hydrogens is 669 g/mol. The Balaban J connectivity index is 1.21. The van der Waals surface area contributed by atoms with Crippen LogP contribution in [0.15, 0.2) is 176 Å². The van der Waals surface area contributed by atoms with Gasteiger partial charge in [0.05, 0.1) is 22.7 Å². The second-order valence-corrected chi connectivity index (χ2v) is 15.4. The summed E-state index contributed by atoms with van der Waals surface area (Å²) in [5, 5.41) is 7.57. The Morgan fingerprint density at radius 3 is 1.78 bits per heavy atom. The second kappa shape index (κ2) is 11.8. The van der Waals surface area contributed by atoms with Crippen molar-refractivity contribution >= 4 is 66.4 Å². The molecule has 0 unspecified atom stereocenters. The van der Waals surface area contributed by atoms with Crippen LogP contribution in [-0.4, -0.2) is 0 Å². The third-order valence-electron chi connectivity index (χ3n) is 11.9. The third-order valence-corrected chi connectivity index (χ3v) is 11.9. The van der Waals surface area contributed by atoms with Crippen LogP contribution in [0.3, 0.4) is 0 Å². The topological polar surface area (TPSA) is 15.7 Å². The summed E-state index contributed by atoms with van der Waals surface area (Å²) in [5.41, 5.74) is 12.4. The van der Waals surface area contributed by atoms with Crippen LogP contribution in [0.25, 0.3) is 43.4 Å². The Bertz CT molecular complexity index is 2960. The predicted molar refractivity (Wildman–Crippen MR) is 231 cm³/mol. The van der Waals surface area contributed by atoms with Crippen LogP contribution in [0.1, 0.15) is 30.5 Å². The summed E-state index contributed by atoms with van der Waals surface area (Å²) >= 11 is 0. The number of benzene rings is 9. The van der Waals surface area contributed by atoms with Gasteiger partial charge in [0.25, 0.3) is 0 Å². The van der Waals surface area contributed by atoms with Crippen LogP contribution >= 0.6 is 0 Å². The molecule has 0 aromatic heterocycles. The Labute approximate surface area is 321 Å². The van der Waals surface area contributed by atoms with Crippen molar-refractivity contribution in [3.8, 4) is 22.6 Å². The molecule has 0 atom stereocenters. The maximum Gasteiger partial charge on any atom is 0.152 e. The highest BCUT2D eigenvalue weighted by Crippen LogP contribution is 2.63. The molecule has 0 spiro atoms. The number of nitrogens with zero attached hydrogens (tertiary/aromatic N) is 2. The van der Waals surface area contributed by atoms with Gasteiger partial charge >= 0.3 is 0 Å². The maximum absolute atomic E-state index is 6.81. The SMILES string of the molecule is Cc1cccc2c1N1c3ccccc3C(C)(C)c3c(N(c4ccc(-c5ccccc5)cc4)c4ccc5c6ccccc6c6ccccc6c5c4)ccc(c31)O2. The molecule has 2 aliphatic rings. The smallest absolute Gasteiger partial charge is 0.152 e. The molecule has 0 aliphatic carbocycles. The zero-order chi connectivity index (χ0) is 36.8. The van der Waals surface area contributed by atoms with E-state index in [0.29, 0.717) is 0 Å². The van der Waals surface area contributed by atoms with Crippen LogP contribution < -0.4 is 14.5 Å². The average molecular weight is 707 g/mol. The van der Waals surface area contributed by atoms with Gasteiger partial charge in [-0.1, -0.05) is 141 Å². The van der Waals surface area contributed by atoms with Crippen molar-refractivity contribution in [1.82, 2.24) is 0 Å². The first kappa shape index (κ1) is 31.7. The van der Waals surface area contributed by atoms with E-state index < -0.39 is 0 Å². The molecule has 0 radical (unpaired) electrons. The molecule has 0 amide bonds. The number of rotatable bonds is 4. The van der Waals surface area contributed by atoms with Gasteiger partial charge in [0, 0.05) is 22.4 Å². The zero-order valence-corrected chi connectivity index (χ0v) is 31.0. The lowest BCUT2D eigenvalue weighted by molar-refractivity contribution is 0.471. The molecule has 0 saturated carbocycles. The number of hydrogen-bond donors (Lipinski definition) is 0. The lowest BCUT2D eigenvalue weighted by Crippen LogP contribution is -2.34. The summed E-state index contributed by atoms with van der Waals surface area (Å²) in [6, 6.07) is 64.0. The van der Waals surface area contributed by atoms with E-state index in [1.54, 1.807) is 0 Å². The van der Waals surface area contributed by atoms with Gasteiger partial charge in [-0.3, -0.25) is 0 Å². The average Bonchev–Trinajstić information content (AvgIpc) is 3.23. The van der Waals surface area contributed by atoms with Crippen LogP contribution in [0.4, 0.5) is 34.1 Å². The number of ether oxygens (including phenoxy) is 1. The van der Waals surface area contributed by atoms with E-state index in [0.717, 1.165) is 39.9 Å². The fourth-order valence-electron chi connectivity index (χ4n) is 9.37. The summed E-state index contributed by atoms with van der Waals surface area (Å²) in [7, 11) is 0. The molecule has 3 heteroatoms. The normalized spacial score (nSPS) is 13.6. The van der Waals surface area contributed by atoms with Gasteiger partial charge in [0.2, 0.25) is 0 Å². The third kappa shape index (κ3) is 4.63. The van der Waals surface area contributed by atoms with E-state index >= 15 is 0 Å². The van der Waals surface area contributed by atoms with Crippen molar-refractivity contribution in [2.45, 2.75) is 26.2 Å². The summed E-state index contributed by atoms with van der Waals surface area (Å²) in [6.07, 6.45) is 0. The minimum absolute atomic E-state index is 0.362. The van der Waals surface area contributed by atoms with E-state index in [1.807, 2.05) is 0 Å². The van der Waals surface area contributed by atoms with E-state index in [1.165, 1.54) is 65.8 Å². The summed E-state index contributed by atoms with van der Waals surface area (Å²) in [5.74, 6) is 1.75. The van der Waals surface area contributed by atoms with Gasteiger partial charge in [-0.05, 0) is 110 Å². The molecule has 0 N–H and O–H groups in total. The molecule has 0 saturated heterocycles. The highest BCUT2D eigenvalue weighted by Gasteiger charge is 2.44. The highest BCUT2D eigenvalue weighted by molar-refractivity contribution is 6.25. The Morgan fingerprint density at radius 1 is 0.473 bits per heavy atom. The van der Waals surface area contributed by atoms with Crippen molar-refractivity contribution in [3.63, 3.8) is 0 Å². The molecule has 9 aromatic rings. The fourth-order valence-corrected chi connectivity index (χ4v) is 9.37. The van der Waals surface area contributed by atoms with Crippen molar-refractivity contribution in [2.24, 2.45) is 0 Å². The molecule has 11 rings (SSSR count). The second-order valence-electron chi connectivity index (χ2n) is 15.4. The summed E-state index contributed by atoms with van der Waals surface area (Å²) in [4.78, 5) is 4.93. The Kier molecular flexibility index (Phi) is 6.81. The molecule has 55 heavy (non-hydrogen) atoms. The number of hydrogen-bond acceptors (Lipinski definition) is 3. The largest absolute Gasteiger partial charge is 0.453 e. The van der Waals surface area contributed by atoms with E-state index in [9.17, 15) is 0 Å². The molecule has 262 valence electrons. The van der Waals surface area contributed by atoms with Crippen molar-refractivity contribution in [3.05, 3.63) is 193 Å². The first-order valence-corrected chi connectivity index (χ1v) is 19.1. The van der Waals surface area contributed by atoms with Gasteiger partial charge < -0.3 is 14.5 Å². The first-order chi connectivity index (χ1) is 27.0. The number of aryl methyl sites for hydroxylation is 1. The highest BCUT2D eigenvalue weighted by atomic mass is 16.5. The van der Waals surface area contributed by atoms with Crippen LogP contribution in [-0.2, 0) is 5.41 Å². The van der Waals surface area contributed by atoms with Crippen molar-refractivity contribution in [1.29, 1.82) is 0 Å². The van der Waals surface area contributed by atoms with Crippen LogP contribution in [0.2, 0.25) is 0 Å². The van der Waals surface area contributed by atoms with E-state index in [2.05, 4.69) is 206 Å². The summed E-state index contributed by atoms with van der Waals surface area (Å²) in [6.45, 7) is 6.92. The first-order valence-electron chi connectivity index (χ1n) is 19.1. The quantitative estimate of drug-likeness (QED) is 0.169. The molecule has 2 heterocycles. The Morgan fingerprint density at radius 2 is 1.05 bits per heavy atom. The molecule has 0 bridgehead atoms. The van der Waals surface area contributed by atoms with Gasteiger partial charge in [-0.25, -0.2) is 0 Å². The Hall–Kier alpha value is -6.84. The zero-order valence-electron chi connectivity index (χ0n) is 31.0. The van der Waals surface area contributed by atoms with Crippen LogP contribution in [0, 0.1) is 6.92 Å². The maximum atomic E-state index is 6.81. The fraction of sp³-hybridized carbons (Fsp3) is 0.0769. The molecule has 3 nitrogen and oxygen atoms in total. The van der Waals surface area contributed by atoms with Gasteiger partial charge in [-0.2, -0.15) is 0 Å². The van der Waals surface area contributed by atoms with Gasteiger partial charge in [0.1, 0.15) is 0 Å². The molecule has 2 aliphatic heterocycles. The lowest BCUT2D eigenvalue weighted by Gasteiger charge is -2.47. The molecule has 9 aromatic carbocycles. The molecular formula is C52H38N2O. The number of para-hydroxylation sites is 2. The van der Waals surface area contributed by atoms with Gasteiger partial charge in [0.15, 0.2) is 11.5 Å². The van der Waals surface area contributed by atoms with E-state index in [-0.39, 0.29) is 5.41 Å². The molecule has 0 fully saturated rings.